The Labute approximate surface area is 320 Å². The molecule has 0 unspecified atom stereocenters. The van der Waals surface area contributed by atoms with Crippen LogP contribution in [-0.4, -0.2) is 35.6 Å². The molecule has 0 N–H and O–H groups in total. The molecule has 2 heterocycles. The first kappa shape index (κ1) is 37.5. The molecule has 0 saturated carbocycles. The highest BCUT2D eigenvalue weighted by molar-refractivity contribution is 5.30. The molecule has 6 heteroatoms. The van der Waals surface area contributed by atoms with Gasteiger partial charge in [-0.1, -0.05) is 153 Å². The SMILES string of the molecule is CCc1ccc(Cc2ccc([C@@H]3O[C@H](COCc4ccccc4)[C@@H](OCc4ccccc4)[C@H](OCc4ccccc4)[C@H]3OCc3ccccc3)n2C)cc1. The van der Waals surface area contributed by atoms with Crippen LogP contribution in [0.25, 0.3) is 0 Å². The number of aromatic nitrogens is 1. The fraction of sp³-hybridized carbons (Fsp3) is 0.292. The van der Waals surface area contributed by atoms with Gasteiger partial charge in [0.1, 0.15) is 30.5 Å². The summed E-state index contributed by atoms with van der Waals surface area (Å²) in [6.45, 7) is 4.17. The maximum Gasteiger partial charge on any atom is 0.127 e. The Hall–Kier alpha value is -4.82. The van der Waals surface area contributed by atoms with E-state index in [1.807, 2.05) is 72.8 Å². The highest BCUT2D eigenvalue weighted by Gasteiger charge is 2.49. The van der Waals surface area contributed by atoms with Crippen molar-refractivity contribution in [1.29, 1.82) is 0 Å². The maximum absolute atomic E-state index is 7.19. The molecule has 54 heavy (non-hydrogen) atoms. The normalized spacial score (nSPS) is 19.9. The lowest BCUT2D eigenvalue weighted by Crippen LogP contribution is -2.58. The summed E-state index contributed by atoms with van der Waals surface area (Å²) in [5.41, 5.74) is 9.17. The van der Waals surface area contributed by atoms with Crippen molar-refractivity contribution in [3.63, 3.8) is 0 Å². The maximum atomic E-state index is 7.19. The predicted molar refractivity (Wildman–Crippen MR) is 213 cm³/mol. The van der Waals surface area contributed by atoms with Gasteiger partial charge in [-0.25, -0.2) is 0 Å². The van der Waals surface area contributed by atoms with Gasteiger partial charge in [-0.2, -0.15) is 0 Å². The van der Waals surface area contributed by atoms with Crippen molar-refractivity contribution >= 4 is 0 Å². The van der Waals surface area contributed by atoms with E-state index < -0.39 is 30.5 Å². The number of nitrogens with zero attached hydrogens (tertiary/aromatic N) is 1. The molecule has 278 valence electrons. The van der Waals surface area contributed by atoms with E-state index in [9.17, 15) is 0 Å². The van der Waals surface area contributed by atoms with Gasteiger partial charge in [-0.15, -0.1) is 0 Å². The number of hydrogen-bond acceptors (Lipinski definition) is 5. The van der Waals surface area contributed by atoms with Gasteiger partial charge in [0.15, 0.2) is 0 Å². The van der Waals surface area contributed by atoms with Crippen LogP contribution in [0.2, 0.25) is 0 Å². The first-order valence-electron chi connectivity index (χ1n) is 19.1. The molecule has 1 aromatic heterocycles. The molecule has 5 aromatic carbocycles. The number of aryl methyl sites for hydroxylation is 1. The molecule has 0 amide bonds. The van der Waals surface area contributed by atoms with Crippen LogP contribution >= 0.6 is 0 Å². The highest BCUT2D eigenvalue weighted by atomic mass is 16.6. The number of ether oxygens (including phenoxy) is 5. The van der Waals surface area contributed by atoms with Crippen LogP contribution in [0.15, 0.2) is 158 Å². The minimum absolute atomic E-state index is 0.322. The van der Waals surface area contributed by atoms with Gasteiger partial charge in [0, 0.05) is 24.9 Å². The number of rotatable bonds is 17. The second-order valence-corrected chi connectivity index (χ2v) is 14.0. The summed E-state index contributed by atoms with van der Waals surface area (Å²) < 4.78 is 36.7. The molecule has 0 radical (unpaired) electrons. The molecule has 0 spiro atoms. The Balaban J connectivity index is 1.24. The average molecular weight is 722 g/mol. The van der Waals surface area contributed by atoms with Crippen LogP contribution in [-0.2, 0) is 70.0 Å². The van der Waals surface area contributed by atoms with Gasteiger partial charge in [-0.05, 0) is 51.9 Å². The Kier molecular flexibility index (Phi) is 13.2. The Morgan fingerprint density at radius 2 is 0.944 bits per heavy atom. The third-order valence-electron chi connectivity index (χ3n) is 10.3. The summed E-state index contributed by atoms with van der Waals surface area (Å²) in [7, 11) is 2.13. The second kappa shape index (κ2) is 19.0. The lowest BCUT2D eigenvalue weighted by molar-refractivity contribution is -0.276. The van der Waals surface area contributed by atoms with Crippen molar-refractivity contribution in [3.8, 4) is 0 Å². The zero-order chi connectivity index (χ0) is 37.0. The monoisotopic (exact) mass is 721 g/mol. The zero-order valence-corrected chi connectivity index (χ0v) is 31.3. The van der Waals surface area contributed by atoms with Gasteiger partial charge < -0.3 is 28.3 Å². The van der Waals surface area contributed by atoms with E-state index in [0.29, 0.717) is 33.0 Å². The fourth-order valence-electron chi connectivity index (χ4n) is 7.16. The minimum atomic E-state index is -0.495. The van der Waals surface area contributed by atoms with Crippen molar-refractivity contribution in [2.24, 2.45) is 7.05 Å². The van der Waals surface area contributed by atoms with E-state index in [1.165, 1.54) is 16.8 Å². The lowest BCUT2D eigenvalue weighted by Gasteiger charge is -2.46. The highest BCUT2D eigenvalue weighted by Crippen LogP contribution is 2.39. The average Bonchev–Trinajstić information content (AvgIpc) is 3.59. The summed E-state index contributed by atoms with van der Waals surface area (Å²) in [4.78, 5) is 0. The molecule has 0 aliphatic carbocycles. The standard InChI is InChI=1S/C48H51NO5/c1-3-36-24-26-37(27-25-36)30-42-28-29-43(49(42)2)45-47(52-33-40-20-12-6-13-21-40)48(53-34-41-22-14-7-15-23-41)46(51-32-39-18-10-5-11-19-39)44(54-45)35-50-31-38-16-8-4-9-17-38/h4-29,44-48H,3,30-35H2,1-2H3/t44-,45+,46-,47+,48+/m1/s1. The molecule has 5 atom stereocenters. The van der Waals surface area contributed by atoms with Gasteiger partial charge in [-0.3, -0.25) is 0 Å². The molecular weight excluding hydrogens is 671 g/mol. The van der Waals surface area contributed by atoms with E-state index in [4.69, 9.17) is 23.7 Å². The summed E-state index contributed by atoms with van der Waals surface area (Å²) in [6, 6.07) is 54.4. The van der Waals surface area contributed by atoms with E-state index >= 15 is 0 Å². The Bertz CT molecular complexity index is 1960. The molecule has 1 saturated heterocycles. The van der Waals surface area contributed by atoms with Crippen LogP contribution in [0.5, 0.6) is 0 Å². The third-order valence-corrected chi connectivity index (χ3v) is 10.3. The third kappa shape index (κ3) is 9.83. The van der Waals surface area contributed by atoms with Crippen molar-refractivity contribution in [2.75, 3.05) is 6.61 Å². The van der Waals surface area contributed by atoms with E-state index in [0.717, 1.165) is 40.8 Å². The van der Waals surface area contributed by atoms with Crippen LogP contribution in [0.1, 0.15) is 57.8 Å². The molecule has 0 bridgehead atoms. The number of hydrogen-bond donors (Lipinski definition) is 0. The van der Waals surface area contributed by atoms with E-state index in [2.05, 4.69) is 103 Å². The van der Waals surface area contributed by atoms with E-state index in [1.54, 1.807) is 0 Å². The summed E-state index contributed by atoms with van der Waals surface area (Å²) in [6.07, 6.45) is -0.538. The number of benzene rings is 5. The second-order valence-electron chi connectivity index (χ2n) is 14.0. The summed E-state index contributed by atoms with van der Waals surface area (Å²) in [5.74, 6) is 0. The quantitative estimate of drug-likeness (QED) is 0.0940. The topological polar surface area (TPSA) is 51.1 Å². The van der Waals surface area contributed by atoms with Gasteiger partial charge in [0.25, 0.3) is 0 Å². The largest absolute Gasteiger partial charge is 0.374 e. The van der Waals surface area contributed by atoms with Gasteiger partial charge >= 0.3 is 0 Å². The summed E-state index contributed by atoms with van der Waals surface area (Å²) >= 11 is 0. The molecule has 7 rings (SSSR count). The van der Waals surface area contributed by atoms with Crippen molar-refractivity contribution in [2.45, 2.75) is 76.7 Å². The van der Waals surface area contributed by atoms with E-state index in [-0.39, 0.29) is 0 Å². The molecule has 1 aliphatic heterocycles. The molecule has 6 aromatic rings. The smallest absolute Gasteiger partial charge is 0.127 e. The molecular formula is C48H51NO5. The Morgan fingerprint density at radius 3 is 1.46 bits per heavy atom. The van der Waals surface area contributed by atoms with Crippen LogP contribution in [0.3, 0.4) is 0 Å². The first-order chi connectivity index (χ1) is 26.6. The van der Waals surface area contributed by atoms with Crippen LogP contribution in [0, 0.1) is 0 Å². The van der Waals surface area contributed by atoms with Gasteiger partial charge in [0.2, 0.25) is 0 Å². The van der Waals surface area contributed by atoms with Crippen LogP contribution < -0.4 is 0 Å². The summed E-state index contributed by atoms with van der Waals surface area (Å²) in [5, 5.41) is 0. The molecule has 1 aliphatic rings. The molecule has 6 nitrogen and oxygen atoms in total. The van der Waals surface area contributed by atoms with Gasteiger partial charge in [0.05, 0.1) is 33.0 Å². The van der Waals surface area contributed by atoms with Crippen molar-refractivity contribution in [3.05, 3.63) is 202 Å². The fourth-order valence-corrected chi connectivity index (χ4v) is 7.16. The zero-order valence-electron chi connectivity index (χ0n) is 31.3. The lowest BCUT2D eigenvalue weighted by atomic mass is 9.92. The predicted octanol–water partition coefficient (Wildman–Crippen LogP) is 9.59. The Morgan fingerprint density at radius 1 is 0.481 bits per heavy atom. The molecule has 1 fully saturated rings. The van der Waals surface area contributed by atoms with Crippen molar-refractivity contribution < 1.29 is 23.7 Å². The van der Waals surface area contributed by atoms with Crippen LogP contribution in [0.4, 0.5) is 0 Å². The first-order valence-corrected chi connectivity index (χ1v) is 19.1. The van der Waals surface area contributed by atoms with Crippen molar-refractivity contribution in [1.82, 2.24) is 4.57 Å². The minimum Gasteiger partial charge on any atom is -0.374 e.